The minimum absolute atomic E-state index is 0. The third kappa shape index (κ3) is 10.5. The van der Waals surface area contributed by atoms with Gasteiger partial charge in [-0.25, -0.2) is 0 Å². The second-order valence-electron chi connectivity index (χ2n) is 10.1. The summed E-state index contributed by atoms with van der Waals surface area (Å²) in [5, 5.41) is 0. The van der Waals surface area contributed by atoms with Gasteiger partial charge in [-0.3, -0.25) is 27.5 Å². The first-order valence-electron chi connectivity index (χ1n) is 14.0. The summed E-state index contributed by atoms with van der Waals surface area (Å²) in [7, 11) is 8.07. The number of halogens is 4. The van der Waals surface area contributed by atoms with Gasteiger partial charge in [0.2, 0.25) is 0 Å². The third-order valence-electron chi connectivity index (χ3n) is 6.34. The van der Waals surface area contributed by atoms with Gasteiger partial charge >= 0.3 is 0 Å². The van der Waals surface area contributed by atoms with Crippen LogP contribution < -0.4 is 9.80 Å². The molecule has 0 unspecified atom stereocenters. The molecule has 6 aromatic rings. The molecule has 0 N–H and O–H groups in total. The van der Waals surface area contributed by atoms with E-state index in [2.05, 4.69) is 41.9 Å². The molecule has 6 rings (SSSR count). The van der Waals surface area contributed by atoms with E-state index < -0.39 is 23.3 Å². The normalized spacial score (nSPS) is 9.96. The molecule has 4 heterocycles. The van der Waals surface area contributed by atoms with Crippen molar-refractivity contribution in [2.45, 2.75) is 0 Å². The molecule has 47 heavy (non-hydrogen) atoms. The maximum atomic E-state index is 13.2. The largest absolute Gasteiger partial charge is 0.378 e. The van der Waals surface area contributed by atoms with Gasteiger partial charge in [-0.1, -0.05) is 47.5 Å². The van der Waals surface area contributed by atoms with Gasteiger partial charge in [0.15, 0.2) is 0 Å². The van der Waals surface area contributed by atoms with Gasteiger partial charge in [0, 0.05) is 108 Å². The molecule has 1 radical (unpaired) electrons. The summed E-state index contributed by atoms with van der Waals surface area (Å²) in [5.74, 6) is -2.57. The third-order valence-corrected chi connectivity index (χ3v) is 6.34. The van der Waals surface area contributed by atoms with Crippen LogP contribution in [0.3, 0.4) is 0 Å². The van der Waals surface area contributed by atoms with E-state index in [0.717, 1.165) is 47.0 Å². The summed E-state index contributed by atoms with van der Waals surface area (Å²) in [6.45, 7) is 0. The van der Waals surface area contributed by atoms with Crippen LogP contribution in [0.25, 0.3) is 33.9 Å². The van der Waals surface area contributed by atoms with Crippen molar-refractivity contribution in [1.82, 2.24) is 19.9 Å². The van der Waals surface area contributed by atoms with Crippen LogP contribution >= 0.6 is 0 Å². The topological polar surface area (TPSA) is 58.0 Å². The number of hydrogen-bond acceptors (Lipinski definition) is 6. The number of hydrogen-bond donors (Lipinski definition) is 0. The molecule has 11 heteroatoms. The van der Waals surface area contributed by atoms with Crippen molar-refractivity contribution in [3.63, 3.8) is 0 Å². The van der Waals surface area contributed by atoms with Crippen LogP contribution in [0.1, 0.15) is 0 Å². The summed E-state index contributed by atoms with van der Waals surface area (Å²) < 4.78 is 51.6. The fourth-order valence-electron chi connectivity index (χ4n) is 3.98. The molecular formula is C36H30F4IrN6-2. The van der Waals surface area contributed by atoms with E-state index in [9.17, 15) is 17.6 Å². The van der Waals surface area contributed by atoms with E-state index in [1.807, 2.05) is 64.8 Å². The van der Waals surface area contributed by atoms with Crippen molar-refractivity contribution < 1.29 is 37.7 Å². The molecule has 0 spiro atoms. The number of aromatic nitrogens is 4. The molecule has 0 fully saturated rings. The zero-order valence-corrected chi connectivity index (χ0v) is 28.3. The van der Waals surface area contributed by atoms with Crippen LogP contribution in [0.2, 0.25) is 0 Å². The molecule has 0 aliphatic heterocycles. The minimum atomic E-state index is -0.649. The Kier molecular flexibility index (Phi) is 13.7. The Morgan fingerprint density at radius 3 is 1.19 bits per heavy atom. The van der Waals surface area contributed by atoms with Crippen molar-refractivity contribution >= 4 is 11.4 Å². The smallest absolute Gasteiger partial charge is 0.0907 e. The number of nitrogens with zero attached hydrogens (tertiary/aromatic N) is 6. The Hall–Kier alpha value is -4.99. The fourth-order valence-corrected chi connectivity index (χ4v) is 3.98. The molecule has 0 saturated heterocycles. The molecular weight excluding hydrogens is 785 g/mol. The fraction of sp³-hybridized carbons (Fsp3) is 0.111. The molecule has 0 atom stereocenters. The Balaban J connectivity index is 0.000000192. The van der Waals surface area contributed by atoms with E-state index >= 15 is 0 Å². The number of rotatable bonds is 5. The Bertz CT molecular complexity index is 1720. The van der Waals surface area contributed by atoms with E-state index in [0.29, 0.717) is 11.4 Å². The van der Waals surface area contributed by atoms with E-state index in [4.69, 9.17) is 0 Å². The zero-order valence-electron chi connectivity index (χ0n) is 25.9. The Morgan fingerprint density at radius 1 is 0.489 bits per heavy atom. The molecule has 0 aliphatic rings. The van der Waals surface area contributed by atoms with Gasteiger partial charge in [0.05, 0.1) is 11.4 Å². The SMILES string of the molecule is CN(C)c1ccnc(-c2cc(N(C)C)ccn2)c1.Fc1c[c-]c(-c2ccccn2)c(F)c1.Fc1c[c-]c(-c2ccccn2)c(F)c1.[Ir]. The van der Waals surface area contributed by atoms with Crippen LogP contribution in [-0.4, -0.2) is 48.1 Å². The van der Waals surface area contributed by atoms with E-state index in [1.165, 1.54) is 0 Å². The van der Waals surface area contributed by atoms with Gasteiger partial charge < -0.3 is 19.8 Å². The first kappa shape index (κ1) is 36.5. The summed E-state index contributed by atoms with van der Waals surface area (Å²) >= 11 is 0. The molecule has 0 bridgehead atoms. The monoisotopic (exact) mass is 815 g/mol. The standard InChI is InChI=1S/C14H18N4.2C11H6F2N.Ir/c1-17(2)11-5-7-15-13(9-11)14-10-12(18(3)4)6-8-16-14;2*12-8-4-5-9(10(13)7-8)11-3-1-2-6-14-11;/h5-10H,1-4H3;2*1-4,6-7H;/q;2*-1;. The van der Waals surface area contributed by atoms with Crippen LogP contribution in [-0.2, 0) is 20.1 Å². The summed E-state index contributed by atoms with van der Waals surface area (Å²) in [4.78, 5) is 20.8. The second-order valence-corrected chi connectivity index (χ2v) is 10.1. The van der Waals surface area contributed by atoms with Crippen LogP contribution in [0.15, 0.2) is 110 Å². The number of pyridine rings is 4. The number of benzene rings is 2. The van der Waals surface area contributed by atoms with Gasteiger partial charge in [0.25, 0.3) is 0 Å². The second kappa shape index (κ2) is 17.6. The van der Waals surface area contributed by atoms with Crippen molar-refractivity contribution in [1.29, 1.82) is 0 Å². The van der Waals surface area contributed by atoms with Gasteiger partial charge in [-0.2, -0.15) is 0 Å². The predicted molar refractivity (Wildman–Crippen MR) is 173 cm³/mol. The quantitative estimate of drug-likeness (QED) is 0.130. The molecule has 0 amide bonds. The van der Waals surface area contributed by atoms with Crippen molar-refractivity contribution in [2.75, 3.05) is 38.0 Å². The predicted octanol–water partition coefficient (Wildman–Crippen LogP) is 7.93. The van der Waals surface area contributed by atoms with Crippen LogP contribution in [0, 0.1) is 35.4 Å². The molecule has 6 nitrogen and oxygen atoms in total. The zero-order chi connectivity index (χ0) is 33.1. The van der Waals surface area contributed by atoms with Crippen LogP contribution in [0.5, 0.6) is 0 Å². The van der Waals surface area contributed by atoms with Crippen molar-refractivity contribution in [2.24, 2.45) is 0 Å². The maximum absolute atomic E-state index is 13.2. The molecule has 2 aromatic carbocycles. The number of anilines is 2. The van der Waals surface area contributed by atoms with Gasteiger partial charge in [-0.05, 0) is 47.8 Å². The van der Waals surface area contributed by atoms with Gasteiger partial charge in [-0.15, -0.1) is 24.3 Å². The summed E-state index contributed by atoms with van der Waals surface area (Å²) in [6, 6.07) is 27.1. The average Bonchev–Trinajstić information content (AvgIpc) is 3.06. The Labute approximate surface area is 285 Å². The Morgan fingerprint density at radius 2 is 0.872 bits per heavy atom. The van der Waals surface area contributed by atoms with E-state index in [1.54, 1.807) is 48.8 Å². The first-order valence-corrected chi connectivity index (χ1v) is 14.0. The minimum Gasteiger partial charge on any atom is -0.378 e. The average molecular weight is 815 g/mol. The molecule has 0 aliphatic carbocycles. The summed E-state index contributed by atoms with van der Waals surface area (Å²) in [5.41, 5.74) is 5.30. The molecule has 243 valence electrons. The first-order chi connectivity index (χ1) is 22.1. The molecule has 4 aromatic heterocycles. The molecule has 0 saturated carbocycles. The summed E-state index contributed by atoms with van der Waals surface area (Å²) in [6.07, 6.45) is 6.72. The van der Waals surface area contributed by atoms with Crippen molar-refractivity contribution in [3.8, 4) is 33.9 Å². The van der Waals surface area contributed by atoms with Crippen molar-refractivity contribution in [3.05, 3.63) is 145 Å². The van der Waals surface area contributed by atoms with E-state index in [-0.39, 0.29) is 31.2 Å². The van der Waals surface area contributed by atoms with Crippen LogP contribution in [0.4, 0.5) is 28.9 Å². The van der Waals surface area contributed by atoms with Gasteiger partial charge in [0.1, 0.15) is 0 Å². The maximum Gasteiger partial charge on any atom is 0.0907 e.